The minimum atomic E-state index is -1.23. The van der Waals surface area contributed by atoms with Crippen LogP contribution in [0.3, 0.4) is 0 Å². The van der Waals surface area contributed by atoms with Crippen LogP contribution >= 0.6 is 0 Å². The first-order chi connectivity index (χ1) is 13.9. The second kappa shape index (κ2) is 7.49. The Hall–Kier alpha value is -3.50. The lowest BCUT2D eigenvalue weighted by molar-refractivity contribution is -0.118. The molecule has 0 aliphatic heterocycles. The summed E-state index contributed by atoms with van der Waals surface area (Å²) in [6.45, 7) is -0.260. The van der Waals surface area contributed by atoms with Crippen LogP contribution in [-0.2, 0) is 11.3 Å². The van der Waals surface area contributed by atoms with Gasteiger partial charge in [0.1, 0.15) is 35.6 Å². The zero-order chi connectivity index (χ0) is 20.5. The molecule has 3 aromatic rings. The zero-order valence-corrected chi connectivity index (χ0v) is 14.9. The van der Waals surface area contributed by atoms with E-state index in [1.54, 1.807) is 0 Å². The molecule has 3 N–H and O–H groups in total. The molecule has 1 saturated carbocycles. The van der Waals surface area contributed by atoms with E-state index in [2.05, 4.69) is 30.8 Å². The number of benzene rings is 1. The fraction of sp³-hybridized carbons (Fsp3) is 0.278. The molecule has 0 saturated heterocycles. The molecule has 29 heavy (non-hydrogen) atoms. The molecule has 0 radical (unpaired) electrons. The monoisotopic (exact) mass is 404 g/mol. The summed E-state index contributed by atoms with van der Waals surface area (Å²) < 4.78 is 40.5. The summed E-state index contributed by atoms with van der Waals surface area (Å²) in [7, 11) is 0. The first-order valence-electron chi connectivity index (χ1n) is 8.77. The standard InChI is InChI=1S/C18H15F3N6O2/c19-9-1-2-11(21)8(3-9)6-22-18(29)15-14-16(23-7-24-17(14)27-26-15)25-12-4-10(20)5-13(12)28/h1-3,7,10,12H,4-6H2,(H,22,29)(H2,23,24,25,26,27)/t10-,12-/m0/s1. The molecule has 0 bridgehead atoms. The first-order valence-corrected chi connectivity index (χ1v) is 8.77. The molecule has 150 valence electrons. The summed E-state index contributed by atoms with van der Waals surface area (Å²) in [5, 5.41) is 12.0. The maximum Gasteiger partial charge on any atom is 0.270 e. The average Bonchev–Trinajstić information content (AvgIpc) is 3.26. The van der Waals surface area contributed by atoms with Crippen molar-refractivity contribution in [3.63, 3.8) is 0 Å². The van der Waals surface area contributed by atoms with Gasteiger partial charge in [-0.15, -0.1) is 0 Å². The Morgan fingerprint density at radius 2 is 2.10 bits per heavy atom. The molecule has 1 aliphatic rings. The van der Waals surface area contributed by atoms with Gasteiger partial charge in [-0.2, -0.15) is 5.10 Å². The van der Waals surface area contributed by atoms with Crippen molar-refractivity contribution in [2.24, 2.45) is 0 Å². The first kappa shape index (κ1) is 18.8. The fourth-order valence-electron chi connectivity index (χ4n) is 3.21. The average molecular weight is 404 g/mol. The molecule has 1 amide bonds. The van der Waals surface area contributed by atoms with E-state index >= 15 is 0 Å². The number of fused-ring (bicyclic) bond motifs is 1. The lowest BCUT2D eigenvalue weighted by Gasteiger charge is -2.12. The van der Waals surface area contributed by atoms with Crippen molar-refractivity contribution in [1.82, 2.24) is 25.5 Å². The highest BCUT2D eigenvalue weighted by Gasteiger charge is 2.33. The number of aromatic amines is 1. The molecule has 1 aromatic carbocycles. The number of halogens is 3. The molecule has 0 unspecified atom stereocenters. The second-order valence-electron chi connectivity index (χ2n) is 6.64. The Kier molecular flexibility index (Phi) is 4.87. The van der Waals surface area contributed by atoms with Gasteiger partial charge in [0.2, 0.25) is 0 Å². The number of nitrogens with one attached hydrogen (secondary N) is 3. The minimum absolute atomic E-state index is 0.00254. The Morgan fingerprint density at radius 1 is 1.28 bits per heavy atom. The Labute approximate surface area is 161 Å². The summed E-state index contributed by atoms with van der Waals surface area (Å²) in [4.78, 5) is 32.5. The van der Waals surface area contributed by atoms with E-state index in [1.165, 1.54) is 6.33 Å². The third-order valence-electron chi connectivity index (χ3n) is 4.64. The van der Waals surface area contributed by atoms with E-state index in [0.717, 1.165) is 18.2 Å². The van der Waals surface area contributed by atoms with Crippen molar-refractivity contribution in [3.8, 4) is 0 Å². The van der Waals surface area contributed by atoms with Crippen molar-refractivity contribution >= 4 is 28.5 Å². The molecule has 1 fully saturated rings. The fourth-order valence-corrected chi connectivity index (χ4v) is 3.21. The molecule has 11 heteroatoms. The number of anilines is 1. The van der Waals surface area contributed by atoms with Crippen molar-refractivity contribution in [3.05, 3.63) is 47.4 Å². The van der Waals surface area contributed by atoms with Crippen molar-refractivity contribution < 1.29 is 22.8 Å². The smallest absolute Gasteiger partial charge is 0.270 e. The van der Waals surface area contributed by atoms with E-state index in [1.807, 2.05) is 0 Å². The van der Waals surface area contributed by atoms with Crippen LogP contribution in [0.15, 0.2) is 24.5 Å². The SMILES string of the molecule is O=C(NCc1cc(F)ccc1F)c1[nH]nc2ncnc(N[C@H]3C[C@H](F)CC3=O)c12. The number of carbonyl (C=O) groups is 2. The molecule has 2 aromatic heterocycles. The maximum atomic E-state index is 13.7. The Bertz CT molecular complexity index is 1100. The lowest BCUT2D eigenvalue weighted by Crippen LogP contribution is -2.26. The van der Waals surface area contributed by atoms with Gasteiger partial charge in [0.25, 0.3) is 5.91 Å². The van der Waals surface area contributed by atoms with Crippen LogP contribution in [-0.4, -0.2) is 44.1 Å². The lowest BCUT2D eigenvalue weighted by atomic mass is 10.2. The van der Waals surface area contributed by atoms with Crippen LogP contribution < -0.4 is 10.6 Å². The Morgan fingerprint density at radius 3 is 2.86 bits per heavy atom. The van der Waals surface area contributed by atoms with Gasteiger partial charge in [-0.25, -0.2) is 23.1 Å². The second-order valence-corrected chi connectivity index (χ2v) is 6.64. The number of aromatic nitrogens is 4. The number of H-pyrrole nitrogens is 1. The van der Waals surface area contributed by atoms with Crippen LogP contribution in [0.2, 0.25) is 0 Å². The molecule has 0 spiro atoms. The number of carbonyl (C=O) groups excluding carboxylic acids is 2. The van der Waals surface area contributed by atoms with Crippen molar-refractivity contribution in [2.75, 3.05) is 5.32 Å². The van der Waals surface area contributed by atoms with Crippen molar-refractivity contribution in [2.45, 2.75) is 31.6 Å². The van der Waals surface area contributed by atoms with E-state index in [9.17, 15) is 22.8 Å². The summed E-state index contributed by atoms with van der Waals surface area (Å²) in [6, 6.07) is 2.16. The maximum absolute atomic E-state index is 13.7. The molecule has 2 heterocycles. The topological polar surface area (TPSA) is 113 Å². The number of amides is 1. The summed E-state index contributed by atoms with van der Waals surface area (Å²) in [6.07, 6.45) is -0.209. The van der Waals surface area contributed by atoms with Gasteiger partial charge in [-0.05, 0) is 18.2 Å². The van der Waals surface area contributed by atoms with Gasteiger partial charge in [0.05, 0.1) is 11.4 Å². The molecule has 1 aliphatic carbocycles. The number of rotatable bonds is 5. The van der Waals surface area contributed by atoms with Gasteiger partial charge in [0, 0.05) is 24.9 Å². The quantitative estimate of drug-likeness (QED) is 0.600. The van der Waals surface area contributed by atoms with Gasteiger partial charge in [-0.1, -0.05) is 0 Å². The van der Waals surface area contributed by atoms with Gasteiger partial charge >= 0.3 is 0 Å². The van der Waals surface area contributed by atoms with E-state index in [-0.39, 0.29) is 53.3 Å². The highest BCUT2D eigenvalue weighted by Crippen LogP contribution is 2.26. The highest BCUT2D eigenvalue weighted by molar-refractivity contribution is 6.08. The van der Waals surface area contributed by atoms with Crippen molar-refractivity contribution in [1.29, 1.82) is 0 Å². The van der Waals surface area contributed by atoms with Crippen LogP contribution in [0.5, 0.6) is 0 Å². The molecule has 4 rings (SSSR count). The van der Waals surface area contributed by atoms with Crippen LogP contribution in [0.25, 0.3) is 11.0 Å². The predicted molar refractivity (Wildman–Crippen MR) is 95.8 cm³/mol. The van der Waals surface area contributed by atoms with Gasteiger partial charge in [-0.3, -0.25) is 14.7 Å². The summed E-state index contributed by atoms with van der Waals surface area (Å²) in [5.74, 6) is -2.09. The van der Waals surface area contributed by atoms with E-state index in [0.29, 0.717) is 0 Å². The molecule has 8 nitrogen and oxygen atoms in total. The zero-order valence-electron chi connectivity index (χ0n) is 14.9. The number of Topliss-reactive ketones (excluding diaryl/α,β-unsaturated/α-hetero) is 1. The number of nitrogens with zero attached hydrogens (tertiary/aromatic N) is 3. The predicted octanol–water partition coefficient (Wildman–Crippen LogP) is 2.04. The summed E-state index contributed by atoms with van der Waals surface area (Å²) >= 11 is 0. The van der Waals surface area contributed by atoms with Gasteiger partial charge in [0.15, 0.2) is 11.4 Å². The highest BCUT2D eigenvalue weighted by atomic mass is 19.1. The van der Waals surface area contributed by atoms with Crippen LogP contribution in [0, 0.1) is 11.6 Å². The van der Waals surface area contributed by atoms with Crippen LogP contribution in [0.1, 0.15) is 28.9 Å². The number of hydrogen-bond donors (Lipinski definition) is 3. The Balaban J connectivity index is 1.58. The molecular weight excluding hydrogens is 389 g/mol. The number of ketones is 1. The largest absolute Gasteiger partial charge is 0.359 e. The third-order valence-corrected chi connectivity index (χ3v) is 4.64. The van der Waals surface area contributed by atoms with Gasteiger partial charge < -0.3 is 10.6 Å². The summed E-state index contributed by atoms with van der Waals surface area (Å²) in [5.41, 5.74) is 0.108. The molecule has 2 atom stereocenters. The number of hydrogen-bond acceptors (Lipinski definition) is 6. The molecular formula is C18H15F3N6O2. The normalized spacial score (nSPS) is 18.9. The van der Waals surface area contributed by atoms with E-state index in [4.69, 9.17) is 0 Å². The number of alkyl halides is 1. The third kappa shape index (κ3) is 3.75. The van der Waals surface area contributed by atoms with E-state index < -0.39 is 29.8 Å². The minimum Gasteiger partial charge on any atom is -0.359 e. The van der Waals surface area contributed by atoms with Crippen LogP contribution in [0.4, 0.5) is 19.0 Å².